The first-order chi connectivity index (χ1) is 13.8. The van der Waals surface area contributed by atoms with Gasteiger partial charge in [0.2, 0.25) is 0 Å². The van der Waals surface area contributed by atoms with E-state index < -0.39 is 16.1 Å². The zero-order valence-corrected chi connectivity index (χ0v) is 18.1. The number of amides is 2. The number of fused-ring (bicyclic) bond motifs is 1. The Morgan fingerprint density at radius 1 is 1.28 bits per heavy atom. The van der Waals surface area contributed by atoms with E-state index in [1.807, 2.05) is 21.7 Å². The number of nitrogens with zero attached hydrogens (tertiary/aromatic N) is 2. The fourth-order valence-corrected chi connectivity index (χ4v) is 4.40. The van der Waals surface area contributed by atoms with Crippen molar-refractivity contribution in [3.63, 3.8) is 0 Å². The van der Waals surface area contributed by atoms with Crippen LogP contribution >= 0.6 is 11.6 Å². The number of rotatable bonds is 6. The summed E-state index contributed by atoms with van der Waals surface area (Å²) in [6.07, 6.45) is 6.79. The number of hydrogen-bond donors (Lipinski definition) is 2. The molecule has 0 saturated heterocycles. The lowest BCUT2D eigenvalue weighted by Crippen LogP contribution is -2.39. The number of benzene rings is 1. The molecule has 1 aliphatic rings. The SMILES string of the molecule is CC(C)Cn1ncc2c1C(=CCNC(=O)NS(=O)(=O)c1ccc(Cl)cc1)CCC2. The first kappa shape index (κ1) is 21.4. The highest BCUT2D eigenvalue weighted by atomic mass is 35.5. The third kappa shape index (κ3) is 5.39. The second-order valence-electron chi connectivity index (χ2n) is 7.45. The Bertz CT molecular complexity index is 1010. The Kier molecular flexibility index (Phi) is 6.64. The average Bonchev–Trinajstić information content (AvgIpc) is 3.05. The zero-order valence-electron chi connectivity index (χ0n) is 16.5. The van der Waals surface area contributed by atoms with Crippen molar-refractivity contribution < 1.29 is 13.2 Å². The van der Waals surface area contributed by atoms with Crippen LogP contribution < -0.4 is 10.0 Å². The molecule has 0 bridgehead atoms. The molecule has 1 aromatic carbocycles. The van der Waals surface area contributed by atoms with E-state index in [0.29, 0.717) is 10.9 Å². The minimum absolute atomic E-state index is 0.0232. The minimum atomic E-state index is -3.95. The Morgan fingerprint density at radius 3 is 2.69 bits per heavy atom. The van der Waals surface area contributed by atoms with Crippen molar-refractivity contribution in [3.8, 4) is 0 Å². The molecule has 0 atom stereocenters. The van der Waals surface area contributed by atoms with Crippen molar-refractivity contribution >= 4 is 33.2 Å². The van der Waals surface area contributed by atoms with Gasteiger partial charge in [-0.15, -0.1) is 0 Å². The van der Waals surface area contributed by atoms with Crippen molar-refractivity contribution in [1.29, 1.82) is 0 Å². The molecule has 1 aliphatic carbocycles. The van der Waals surface area contributed by atoms with Crippen LogP contribution in [-0.4, -0.2) is 30.8 Å². The Morgan fingerprint density at radius 2 is 2.00 bits per heavy atom. The molecular weight excluding hydrogens is 412 g/mol. The van der Waals surface area contributed by atoms with Crippen molar-refractivity contribution in [2.75, 3.05) is 6.54 Å². The van der Waals surface area contributed by atoms with Gasteiger partial charge in [-0.25, -0.2) is 17.9 Å². The van der Waals surface area contributed by atoms with Crippen LogP contribution in [0.25, 0.3) is 5.57 Å². The lowest BCUT2D eigenvalue weighted by molar-refractivity contribution is 0.247. The number of hydrogen-bond acceptors (Lipinski definition) is 4. The number of carbonyl (C=O) groups is 1. The molecule has 0 unspecified atom stereocenters. The number of aryl methyl sites for hydroxylation is 1. The van der Waals surface area contributed by atoms with Crippen LogP contribution in [0.15, 0.2) is 41.4 Å². The average molecular weight is 437 g/mol. The highest BCUT2D eigenvalue weighted by Crippen LogP contribution is 2.30. The molecule has 2 amide bonds. The topological polar surface area (TPSA) is 93.1 Å². The molecule has 0 fully saturated rings. The van der Waals surface area contributed by atoms with Crippen molar-refractivity contribution in [2.45, 2.75) is 44.6 Å². The first-order valence-electron chi connectivity index (χ1n) is 9.56. The van der Waals surface area contributed by atoms with Crippen LogP contribution in [0.1, 0.15) is 37.9 Å². The van der Waals surface area contributed by atoms with E-state index >= 15 is 0 Å². The molecule has 0 aliphatic heterocycles. The van der Waals surface area contributed by atoms with Crippen LogP contribution in [0.5, 0.6) is 0 Å². The maximum absolute atomic E-state index is 12.3. The lowest BCUT2D eigenvalue weighted by Gasteiger charge is -2.19. The molecule has 0 radical (unpaired) electrons. The molecule has 29 heavy (non-hydrogen) atoms. The van der Waals surface area contributed by atoms with Gasteiger partial charge in [0.05, 0.1) is 16.8 Å². The molecule has 0 saturated carbocycles. The van der Waals surface area contributed by atoms with Gasteiger partial charge in [0.25, 0.3) is 10.0 Å². The standard InChI is InChI=1S/C20H25ClN4O3S/c1-14(2)13-25-19-15(4-3-5-16(19)12-23-25)10-11-22-20(26)24-29(27,28)18-8-6-17(21)7-9-18/h6-10,12,14H,3-5,11,13H2,1-2H3,(H2,22,24,26). The Hall–Kier alpha value is -2.32. The van der Waals surface area contributed by atoms with E-state index in [-0.39, 0.29) is 11.4 Å². The molecule has 1 aromatic heterocycles. The Labute approximate surface area is 176 Å². The summed E-state index contributed by atoms with van der Waals surface area (Å²) in [6, 6.07) is 4.83. The monoisotopic (exact) mass is 436 g/mol. The zero-order chi connectivity index (χ0) is 21.0. The summed E-state index contributed by atoms with van der Waals surface area (Å²) in [6.45, 7) is 5.35. The molecule has 2 aromatic rings. The van der Waals surface area contributed by atoms with Crippen LogP contribution in [0.2, 0.25) is 5.02 Å². The smallest absolute Gasteiger partial charge is 0.328 e. The van der Waals surface area contributed by atoms with Gasteiger partial charge in [0, 0.05) is 18.1 Å². The van der Waals surface area contributed by atoms with E-state index in [0.717, 1.165) is 37.1 Å². The second kappa shape index (κ2) is 9.00. The maximum atomic E-state index is 12.3. The molecule has 9 heteroatoms. The van der Waals surface area contributed by atoms with Crippen LogP contribution in [-0.2, 0) is 23.0 Å². The summed E-state index contributed by atoms with van der Waals surface area (Å²) in [7, 11) is -3.95. The summed E-state index contributed by atoms with van der Waals surface area (Å²) in [5.41, 5.74) is 3.48. The number of carbonyl (C=O) groups excluding carboxylic acids is 1. The molecular formula is C20H25ClN4O3S. The van der Waals surface area contributed by atoms with Gasteiger partial charge >= 0.3 is 6.03 Å². The summed E-state index contributed by atoms with van der Waals surface area (Å²) < 4.78 is 28.5. The minimum Gasteiger partial charge on any atom is -0.334 e. The van der Waals surface area contributed by atoms with E-state index in [1.54, 1.807) is 0 Å². The number of aromatic nitrogens is 2. The maximum Gasteiger partial charge on any atom is 0.328 e. The molecule has 0 spiro atoms. The van der Waals surface area contributed by atoms with Crippen molar-refractivity contribution in [2.24, 2.45) is 5.92 Å². The van der Waals surface area contributed by atoms with Crippen LogP contribution in [0.3, 0.4) is 0 Å². The summed E-state index contributed by atoms with van der Waals surface area (Å²) in [5, 5.41) is 7.52. The predicted molar refractivity (Wildman–Crippen MR) is 113 cm³/mol. The number of halogens is 1. The fourth-order valence-electron chi connectivity index (χ4n) is 3.35. The highest BCUT2D eigenvalue weighted by molar-refractivity contribution is 7.90. The third-order valence-electron chi connectivity index (χ3n) is 4.61. The molecule has 156 valence electrons. The van der Waals surface area contributed by atoms with Crippen molar-refractivity contribution in [1.82, 2.24) is 19.8 Å². The van der Waals surface area contributed by atoms with E-state index in [9.17, 15) is 13.2 Å². The summed E-state index contributed by atoms with van der Waals surface area (Å²) >= 11 is 5.77. The third-order valence-corrected chi connectivity index (χ3v) is 6.21. The normalized spacial score (nSPS) is 15.4. The van der Waals surface area contributed by atoms with E-state index in [1.165, 1.54) is 29.8 Å². The first-order valence-corrected chi connectivity index (χ1v) is 11.4. The summed E-state index contributed by atoms with van der Waals surface area (Å²) in [5.74, 6) is 0.476. The summed E-state index contributed by atoms with van der Waals surface area (Å²) in [4.78, 5) is 12.1. The highest BCUT2D eigenvalue weighted by Gasteiger charge is 2.20. The lowest BCUT2D eigenvalue weighted by atomic mass is 9.92. The number of urea groups is 1. The van der Waals surface area contributed by atoms with Gasteiger partial charge in [-0.1, -0.05) is 31.5 Å². The van der Waals surface area contributed by atoms with Crippen molar-refractivity contribution in [3.05, 3.63) is 52.8 Å². The second-order valence-corrected chi connectivity index (χ2v) is 9.57. The van der Waals surface area contributed by atoms with Crippen LogP contribution in [0.4, 0.5) is 4.79 Å². The van der Waals surface area contributed by atoms with Gasteiger partial charge in [-0.3, -0.25) is 4.68 Å². The predicted octanol–water partition coefficient (Wildman–Crippen LogP) is 3.60. The van der Waals surface area contributed by atoms with Gasteiger partial charge in [0.15, 0.2) is 0 Å². The largest absolute Gasteiger partial charge is 0.334 e. The van der Waals surface area contributed by atoms with Gasteiger partial charge in [-0.05, 0) is 60.6 Å². The van der Waals surface area contributed by atoms with Gasteiger partial charge in [0.1, 0.15) is 0 Å². The van der Waals surface area contributed by atoms with E-state index in [4.69, 9.17) is 11.6 Å². The molecule has 7 nitrogen and oxygen atoms in total. The number of allylic oxidation sites excluding steroid dienone is 1. The van der Waals surface area contributed by atoms with E-state index in [2.05, 4.69) is 24.3 Å². The number of nitrogens with one attached hydrogen (secondary N) is 2. The van der Waals surface area contributed by atoms with Gasteiger partial charge in [-0.2, -0.15) is 5.10 Å². The molecule has 3 rings (SSSR count). The van der Waals surface area contributed by atoms with Crippen LogP contribution in [0, 0.1) is 5.92 Å². The van der Waals surface area contributed by atoms with Gasteiger partial charge < -0.3 is 5.32 Å². The fraction of sp³-hybridized carbons (Fsp3) is 0.400. The quantitative estimate of drug-likeness (QED) is 0.723. The molecule has 1 heterocycles. The molecule has 2 N–H and O–H groups in total. The Balaban J connectivity index is 1.64. The number of sulfonamides is 1.